The van der Waals surface area contributed by atoms with Gasteiger partial charge in [-0.25, -0.2) is 9.78 Å². The number of carbonyl (C=O) groups excluding carboxylic acids is 2. The molecule has 3 N–H and O–H groups in total. The van der Waals surface area contributed by atoms with Gasteiger partial charge in [-0.1, -0.05) is 11.6 Å². The normalized spacial score (nSPS) is 17.7. The van der Waals surface area contributed by atoms with Gasteiger partial charge >= 0.3 is 5.97 Å². The van der Waals surface area contributed by atoms with Crippen LogP contribution in [0.15, 0.2) is 16.9 Å². The molecule has 34 heavy (non-hydrogen) atoms. The Bertz CT molecular complexity index is 1500. The Morgan fingerprint density at radius 1 is 1.21 bits per heavy atom. The number of aliphatic hydroxyl groups excluding tert-OH is 2. The van der Waals surface area contributed by atoms with Gasteiger partial charge in [-0.05, 0) is 48.1 Å². The van der Waals surface area contributed by atoms with E-state index in [0.29, 0.717) is 21.9 Å². The molecule has 2 aliphatic heterocycles. The molecule has 0 fully saturated rings. The molecule has 1 aromatic carbocycles. The lowest BCUT2D eigenvalue weighted by Crippen LogP contribution is -2.32. The largest absolute Gasteiger partial charge is 0.458 e. The van der Waals surface area contributed by atoms with Crippen LogP contribution in [0, 0.1) is 0 Å². The van der Waals surface area contributed by atoms with E-state index >= 15 is 0 Å². The molecule has 2 aromatic heterocycles. The summed E-state index contributed by atoms with van der Waals surface area (Å²) >= 11 is 6.57. The third-order valence-electron chi connectivity index (χ3n) is 6.99. The number of benzene rings is 1. The molecule has 1 unspecified atom stereocenters. The molecule has 6 rings (SSSR count). The highest BCUT2D eigenvalue weighted by atomic mass is 35.5. The van der Waals surface area contributed by atoms with Gasteiger partial charge < -0.3 is 24.8 Å². The highest BCUT2D eigenvalue weighted by molar-refractivity contribution is 6.32. The summed E-state index contributed by atoms with van der Waals surface area (Å²) in [5.41, 5.74) is 5.58. The number of pyridine rings is 2. The van der Waals surface area contributed by atoms with Crippen molar-refractivity contribution in [1.29, 1.82) is 0 Å². The van der Waals surface area contributed by atoms with E-state index in [1.54, 1.807) is 10.6 Å². The second kappa shape index (κ2) is 7.63. The van der Waals surface area contributed by atoms with Gasteiger partial charge in [-0.2, -0.15) is 0 Å². The third-order valence-corrected chi connectivity index (χ3v) is 7.33. The van der Waals surface area contributed by atoms with Crippen LogP contribution >= 0.6 is 11.6 Å². The van der Waals surface area contributed by atoms with E-state index in [4.69, 9.17) is 21.3 Å². The second-order valence-electron chi connectivity index (χ2n) is 8.78. The van der Waals surface area contributed by atoms with Crippen molar-refractivity contribution in [3.8, 4) is 11.4 Å². The summed E-state index contributed by atoms with van der Waals surface area (Å²) in [6, 6.07) is 3.43. The lowest BCUT2D eigenvalue weighted by atomic mass is 9.94. The Morgan fingerprint density at radius 2 is 2.00 bits per heavy atom. The summed E-state index contributed by atoms with van der Waals surface area (Å²) in [6.07, 6.45) is 1.13. The maximum absolute atomic E-state index is 13.3. The molecule has 0 radical (unpaired) electrons. The van der Waals surface area contributed by atoms with Crippen molar-refractivity contribution in [2.75, 3.05) is 6.61 Å². The molecule has 1 aliphatic carbocycles. The molecular weight excluding hydrogens is 462 g/mol. The molecule has 4 heterocycles. The average molecular weight is 482 g/mol. The minimum absolute atomic E-state index is 0.154. The van der Waals surface area contributed by atoms with Crippen LogP contribution in [-0.4, -0.2) is 38.2 Å². The number of nitrogens with zero attached hydrogens (tertiary/aromatic N) is 2. The number of fused-ring (bicyclic) bond motifs is 7. The molecular formula is C24H20ClN3O6. The number of aryl methyl sites for hydroxylation is 1. The van der Waals surface area contributed by atoms with Crippen molar-refractivity contribution in [3.05, 3.63) is 60.9 Å². The van der Waals surface area contributed by atoms with Gasteiger partial charge in [0.2, 0.25) is 5.91 Å². The van der Waals surface area contributed by atoms with Crippen molar-refractivity contribution in [1.82, 2.24) is 14.9 Å². The van der Waals surface area contributed by atoms with Gasteiger partial charge in [-0.15, -0.1) is 0 Å². The fourth-order valence-corrected chi connectivity index (χ4v) is 5.71. The van der Waals surface area contributed by atoms with E-state index in [-0.39, 0.29) is 36.4 Å². The lowest BCUT2D eigenvalue weighted by molar-refractivity contribution is -0.157. The molecule has 0 bridgehead atoms. The number of ether oxygens (including phenoxy) is 1. The quantitative estimate of drug-likeness (QED) is 0.375. The number of esters is 1. The van der Waals surface area contributed by atoms with Crippen LogP contribution in [-0.2, 0) is 46.9 Å². The number of aromatic nitrogens is 2. The van der Waals surface area contributed by atoms with Crippen LogP contribution in [0.5, 0.6) is 0 Å². The Labute approximate surface area is 197 Å². The monoisotopic (exact) mass is 481 g/mol. The summed E-state index contributed by atoms with van der Waals surface area (Å²) in [7, 11) is 0. The molecule has 3 aromatic rings. The van der Waals surface area contributed by atoms with Crippen molar-refractivity contribution in [3.63, 3.8) is 0 Å². The summed E-state index contributed by atoms with van der Waals surface area (Å²) in [4.78, 5) is 42.0. The highest BCUT2D eigenvalue weighted by Gasteiger charge is 2.35. The molecule has 1 atom stereocenters. The number of rotatable bonds is 3. The zero-order valence-corrected chi connectivity index (χ0v) is 18.7. The Balaban J connectivity index is 1.63. The highest BCUT2D eigenvalue weighted by Crippen LogP contribution is 2.42. The maximum atomic E-state index is 13.3. The predicted octanol–water partition coefficient (Wildman–Crippen LogP) is 1.27. The van der Waals surface area contributed by atoms with E-state index < -0.39 is 24.6 Å². The minimum atomic E-state index is -1.53. The first-order chi connectivity index (χ1) is 16.4. The van der Waals surface area contributed by atoms with Gasteiger partial charge in [-0.3, -0.25) is 9.59 Å². The minimum Gasteiger partial charge on any atom is -0.458 e. The Hall–Kier alpha value is -3.27. The van der Waals surface area contributed by atoms with Gasteiger partial charge in [0.25, 0.3) is 5.56 Å². The second-order valence-corrected chi connectivity index (χ2v) is 9.19. The number of amides is 1. The van der Waals surface area contributed by atoms with Gasteiger partial charge in [0.1, 0.15) is 13.2 Å². The number of nitrogens with one attached hydrogen (secondary N) is 1. The van der Waals surface area contributed by atoms with E-state index in [1.807, 2.05) is 6.07 Å². The van der Waals surface area contributed by atoms with Crippen molar-refractivity contribution < 1.29 is 24.5 Å². The van der Waals surface area contributed by atoms with Crippen LogP contribution in [0.25, 0.3) is 22.3 Å². The lowest BCUT2D eigenvalue weighted by Gasteiger charge is -2.21. The predicted molar refractivity (Wildman–Crippen MR) is 121 cm³/mol. The van der Waals surface area contributed by atoms with Crippen LogP contribution in [0.4, 0.5) is 0 Å². The number of aliphatic hydroxyl groups is 2. The van der Waals surface area contributed by atoms with Crippen molar-refractivity contribution >= 4 is 34.4 Å². The van der Waals surface area contributed by atoms with Gasteiger partial charge in [0.05, 0.1) is 29.0 Å². The van der Waals surface area contributed by atoms with Crippen molar-refractivity contribution in [2.45, 2.75) is 45.1 Å². The molecule has 1 amide bonds. The van der Waals surface area contributed by atoms with Crippen molar-refractivity contribution in [2.24, 2.45) is 0 Å². The molecule has 174 valence electrons. The molecule has 3 aliphatic rings. The molecule has 10 heteroatoms. The molecule has 0 saturated heterocycles. The first kappa shape index (κ1) is 21.3. The topological polar surface area (TPSA) is 131 Å². The third kappa shape index (κ3) is 2.94. The number of hydrogen-bond acceptors (Lipinski definition) is 7. The Kier molecular flexibility index (Phi) is 4.77. The van der Waals surface area contributed by atoms with E-state index in [1.165, 1.54) is 0 Å². The smallest absolute Gasteiger partial charge is 0.340 e. The zero-order chi connectivity index (χ0) is 23.7. The number of hydrogen-bond donors (Lipinski definition) is 3. The molecule has 0 saturated carbocycles. The summed E-state index contributed by atoms with van der Waals surface area (Å²) in [5.74, 6) is -1.30. The standard InChI is InChI=1S/C24H20ClN3O6/c25-16-5-17-20(11-3-1-2-10(11)16)13(6-26-19(30)8-29)14-7-28-18(21(14)27-17)4-12-15(23(28)32)9-34-24(33)22(12)31/h4-5,22,29,31H,1-3,6-9H2,(H,26,30). The number of cyclic esters (lactones) is 1. The van der Waals surface area contributed by atoms with Crippen LogP contribution in [0.1, 0.15) is 45.9 Å². The Morgan fingerprint density at radius 3 is 2.79 bits per heavy atom. The van der Waals surface area contributed by atoms with Crippen LogP contribution in [0.2, 0.25) is 5.02 Å². The number of halogens is 1. The van der Waals surface area contributed by atoms with E-state index in [2.05, 4.69) is 5.32 Å². The van der Waals surface area contributed by atoms with Crippen LogP contribution < -0.4 is 10.9 Å². The van der Waals surface area contributed by atoms with Crippen LogP contribution in [0.3, 0.4) is 0 Å². The summed E-state index contributed by atoms with van der Waals surface area (Å²) in [6.45, 7) is -0.445. The average Bonchev–Trinajstić information content (AvgIpc) is 3.45. The summed E-state index contributed by atoms with van der Waals surface area (Å²) in [5, 5.41) is 23.8. The fourth-order valence-electron chi connectivity index (χ4n) is 5.40. The van der Waals surface area contributed by atoms with Gasteiger partial charge in [0.15, 0.2) is 6.10 Å². The first-order valence-corrected chi connectivity index (χ1v) is 11.4. The van der Waals surface area contributed by atoms with E-state index in [9.17, 15) is 24.6 Å². The SMILES string of the molecule is O=C(CO)NCc1c2c(nc3cc(Cl)c4c(c13)CCC4)-c1cc3c(c(=O)n1C2)COC(=O)C3O. The maximum Gasteiger partial charge on any atom is 0.340 e. The zero-order valence-electron chi connectivity index (χ0n) is 18.0. The van der Waals surface area contributed by atoms with E-state index in [0.717, 1.165) is 46.9 Å². The first-order valence-electron chi connectivity index (χ1n) is 11.0. The fraction of sp³-hybridized carbons (Fsp3) is 0.333. The summed E-state index contributed by atoms with van der Waals surface area (Å²) < 4.78 is 6.51. The van der Waals surface area contributed by atoms with Gasteiger partial charge in [0, 0.05) is 28.1 Å². The molecule has 0 spiro atoms. The number of carbonyl (C=O) groups is 2. The molecule has 9 nitrogen and oxygen atoms in total.